The number of hydrogen-bond donors (Lipinski definition) is 2. The van der Waals surface area contributed by atoms with E-state index in [1.54, 1.807) is 0 Å². The highest BCUT2D eigenvalue weighted by molar-refractivity contribution is 5.70. The maximum Gasteiger partial charge on any atom is 0.362 e. The molecule has 0 spiro atoms. The Morgan fingerprint density at radius 3 is 2.37 bits per heavy atom. The van der Waals surface area contributed by atoms with Gasteiger partial charge in [0, 0.05) is 6.42 Å². The van der Waals surface area contributed by atoms with Crippen molar-refractivity contribution in [3.8, 4) is 0 Å². The molecule has 0 aliphatic heterocycles. The fourth-order valence-electron chi connectivity index (χ4n) is 9.84. The lowest BCUT2D eigenvalue weighted by Crippen LogP contribution is -2.59. The molecule has 0 unspecified atom stereocenters. The number of likely N-dealkylation sites (N-methyl/N-ethyl adjacent to an activating group) is 1. The monoisotopic (exact) mass is 536 g/mol. The predicted octanol–water partition coefficient (Wildman–Crippen LogP) is 4.19. The van der Waals surface area contributed by atoms with Gasteiger partial charge in [-0.05, 0) is 104 Å². The number of nitrogens with zero attached hydrogens (tertiary/aromatic N) is 1. The number of methoxy groups -OCH3 is 1. The first-order valence-corrected chi connectivity index (χ1v) is 15.2. The van der Waals surface area contributed by atoms with Crippen molar-refractivity contribution >= 4 is 11.9 Å². The molecular formula is C31H54NO6+. The third-order valence-corrected chi connectivity index (χ3v) is 12.0. The Labute approximate surface area is 230 Å². The van der Waals surface area contributed by atoms with Crippen LogP contribution in [0.1, 0.15) is 85.0 Å². The minimum absolute atomic E-state index is 0.0533. The number of carbonyl (C=O) groups is 2. The quantitative estimate of drug-likeness (QED) is 0.339. The third-order valence-electron chi connectivity index (χ3n) is 12.0. The van der Waals surface area contributed by atoms with Crippen molar-refractivity contribution in [3.05, 3.63) is 0 Å². The second-order valence-corrected chi connectivity index (χ2v) is 14.5. The summed E-state index contributed by atoms with van der Waals surface area (Å²) in [4.78, 5) is 24.5. The minimum atomic E-state index is -0.290. The topological polar surface area (TPSA) is 93.1 Å². The summed E-state index contributed by atoms with van der Waals surface area (Å²) in [7, 11) is 5.35. The molecule has 10 atom stereocenters. The average Bonchev–Trinajstić information content (AvgIpc) is 3.20. The van der Waals surface area contributed by atoms with Crippen LogP contribution < -0.4 is 0 Å². The van der Waals surface area contributed by atoms with Crippen molar-refractivity contribution in [2.24, 2.45) is 46.3 Å². The van der Waals surface area contributed by atoms with Gasteiger partial charge in [-0.2, -0.15) is 0 Å². The van der Waals surface area contributed by atoms with Gasteiger partial charge in [0.15, 0.2) is 6.54 Å². The van der Waals surface area contributed by atoms with Gasteiger partial charge in [-0.15, -0.1) is 0 Å². The molecule has 0 heterocycles. The summed E-state index contributed by atoms with van der Waals surface area (Å²) in [6.45, 7) is 8.11. The van der Waals surface area contributed by atoms with Gasteiger partial charge in [0.25, 0.3) is 0 Å². The van der Waals surface area contributed by atoms with E-state index in [9.17, 15) is 19.8 Å². The van der Waals surface area contributed by atoms with E-state index in [4.69, 9.17) is 9.47 Å². The Morgan fingerprint density at radius 2 is 1.68 bits per heavy atom. The molecule has 4 aliphatic rings. The molecule has 4 rings (SSSR count). The summed E-state index contributed by atoms with van der Waals surface area (Å²) < 4.78 is 11.3. The van der Waals surface area contributed by atoms with Crippen LogP contribution in [-0.4, -0.2) is 79.7 Å². The van der Waals surface area contributed by atoms with Crippen LogP contribution >= 0.6 is 0 Å². The number of rotatable bonds is 9. The zero-order valence-electron chi connectivity index (χ0n) is 24.8. The largest absolute Gasteiger partial charge is 0.469 e. The molecule has 7 nitrogen and oxygen atoms in total. The van der Waals surface area contributed by atoms with E-state index >= 15 is 0 Å². The molecule has 4 fully saturated rings. The smallest absolute Gasteiger partial charge is 0.362 e. The normalized spacial score (nSPS) is 41.4. The lowest BCUT2D eigenvalue weighted by atomic mass is 9.43. The fraction of sp³-hybridized carbons (Fsp3) is 0.935. The Hall–Kier alpha value is -1.18. The van der Waals surface area contributed by atoms with E-state index in [1.165, 1.54) is 32.8 Å². The highest BCUT2D eigenvalue weighted by Gasteiger charge is 2.63. The summed E-state index contributed by atoms with van der Waals surface area (Å²) in [5.74, 6) is 2.58. The first-order chi connectivity index (χ1) is 17.8. The van der Waals surface area contributed by atoms with E-state index < -0.39 is 0 Å². The van der Waals surface area contributed by atoms with Crippen molar-refractivity contribution in [3.63, 3.8) is 0 Å². The molecule has 7 heteroatoms. The zero-order chi connectivity index (χ0) is 27.9. The van der Waals surface area contributed by atoms with E-state index in [0.29, 0.717) is 53.0 Å². The number of quaternary nitrogens is 1. The van der Waals surface area contributed by atoms with Crippen LogP contribution in [0.4, 0.5) is 0 Å². The van der Waals surface area contributed by atoms with Gasteiger partial charge in [-0.25, -0.2) is 4.79 Å². The van der Waals surface area contributed by atoms with Gasteiger partial charge in [0.05, 0.1) is 33.9 Å². The van der Waals surface area contributed by atoms with E-state index in [1.807, 2.05) is 14.1 Å². The zero-order valence-corrected chi connectivity index (χ0v) is 24.8. The number of esters is 2. The summed E-state index contributed by atoms with van der Waals surface area (Å²) in [5, 5.41) is 20.9. The molecule has 0 aromatic carbocycles. The van der Waals surface area contributed by atoms with Gasteiger partial charge in [0.1, 0.15) is 12.6 Å². The molecule has 0 bridgehead atoms. The second-order valence-electron chi connectivity index (χ2n) is 14.5. The molecule has 38 heavy (non-hydrogen) atoms. The van der Waals surface area contributed by atoms with Crippen LogP contribution in [-0.2, 0) is 19.1 Å². The van der Waals surface area contributed by atoms with E-state index in [2.05, 4.69) is 20.8 Å². The van der Waals surface area contributed by atoms with Gasteiger partial charge in [-0.1, -0.05) is 20.8 Å². The number of aliphatic hydroxyl groups is 2. The standard InChI is InChI=1S/C31H54NO6/c1-20(7-10-27(35)37-6)23-8-9-24-29-25(12-14-31(23,24)3)30(2)13-11-22(17-21(30)18-26(29)34)38-28(36)19-32(4,5)15-16-33/h20-26,29,33-34H,7-19H2,1-6H3/q+1/t20-,21+,22-,23-,24+,25+,26-,29+,30+,31-/m1/s1. The van der Waals surface area contributed by atoms with E-state index in [-0.39, 0.29) is 48.1 Å². The Bertz CT molecular complexity index is 861. The van der Waals surface area contributed by atoms with Crippen LogP contribution in [0.5, 0.6) is 0 Å². The lowest BCUT2D eigenvalue weighted by Gasteiger charge is -2.62. The molecule has 4 saturated carbocycles. The summed E-state index contributed by atoms with van der Waals surface area (Å²) in [5.41, 5.74) is 0.419. The molecule has 0 amide bonds. The molecule has 0 saturated heterocycles. The average molecular weight is 537 g/mol. The second kappa shape index (κ2) is 11.4. The van der Waals surface area contributed by atoms with Crippen molar-refractivity contribution < 1.29 is 33.8 Å². The van der Waals surface area contributed by atoms with Crippen LogP contribution in [0.25, 0.3) is 0 Å². The Balaban J connectivity index is 1.41. The number of ether oxygens (including phenoxy) is 2. The van der Waals surface area contributed by atoms with Crippen molar-refractivity contribution in [1.82, 2.24) is 0 Å². The van der Waals surface area contributed by atoms with Crippen LogP contribution in [0.15, 0.2) is 0 Å². The van der Waals surface area contributed by atoms with E-state index in [0.717, 1.165) is 32.1 Å². The molecule has 4 aliphatic carbocycles. The Morgan fingerprint density at radius 1 is 1.00 bits per heavy atom. The molecule has 2 N–H and O–H groups in total. The number of fused-ring (bicyclic) bond motifs is 5. The molecule has 0 aromatic heterocycles. The third kappa shape index (κ3) is 5.67. The van der Waals surface area contributed by atoms with Crippen LogP contribution in [0.3, 0.4) is 0 Å². The van der Waals surface area contributed by atoms with Gasteiger partial charge >= 0.3 is 11.9 Å². The summed E-state index contributed by atoms with van der Waals surface area (Å²) in [6.07, 6.45) is 9.39. The van der Waals surface area contributed by atoms with Gasteiger partial charge < -0.3 is 24.2 Å². The first-order valence-electron chi connectivity index (χ1n) is 15.2. The number of hydrogen-bond acceptors (Lipinski definition) is 6. The highest BCUT2D eigenvalue weighted by atomic mass is 16.5. The van der Waals surface area contributed by atoms with Crippen LogP contribution in [0, 0.1) is 46.3 Å². The number of aliphatic hydroxyl groups excluding tert-OH is 2. The molecule has 218 valence electrons. The minimum Gasteiger partial charge on any atom is -0.469 e. The van der Waals surface area contributed by atoms with Gasteiger partial charge in [0.2, 0.25) is 0 Å². The summed E-state index contributed by atoms with van der Waals surface area (Å²) >= 11 is 0. The molecule has 0 radical (unpaired) electrons. The number of carbonyl (C=O) groups excluding carboxylic acids is 2. The lowest BCUT2D eigenvalue weighted by molar-refractivity contribution is -0.883. The first kappa shape index (κ1) is 29.8. The predicted molar refractivity (Wildman–Crippen MR) is 146 cm³/mol. The molecular weight excluding hydrogens is 482 g/mol. The maximum absolute atomic E-state index is 12.7. The highest BCUT2D eigenvalue weighted by Crippen LogP contribution is 2.68. The fourth-order valence-corrected chi connectivity index (χ4v) is 9.84. The van der Waals surface area contributed by atoms with Crippen LogP contribution in [0.2, 0.25) is 0 Å². The molecule has 0 aromatic rings. The summed E-state index contributed by atoms with van der Waals surface area (Å²) in [6, 6.07) is 0. The van der Waals surface area contributed by atoms with Gasteiger partial charge in [-0.3, -0.25) is 4.79 Å². The Kier molecular flexibility index (Phi) is 8.91. The SMILES string of the molecule is COC(=O)CC[C@@H](C)[C@H]1CC[C@H]2[C@@H]3[C@H](O)C[C@@H]4C[C@H](OC(=O)C[N+](C)(C)CCO)CC[C@]4(C)[C@H]3CC[C@]12C. The van der Waals surface area contributed by atoms with Crippen molar-refractivity contribution in [1.29, 1.82) is 0 Å². The van der Waals surface area contributed by atoms with Crippen molar-refractivity contribution in [2.45, 2.75) is 97.2 Å². The van der Waals surface area contributed by atoms with Crippen molar-refractivity contribution in [2.75, 3.05) is 40.9 Å². The maximum atomic E-state index is 12.7.